The number of hydrogen-bond donors (Lipinski definition) is 2. The Bertz CT molecular complexity index is 527. The van der Waals surface area contributed by atoms with Crippen LogP contribution in [0.25, 0.3) is 0 Å². The molecule has 1 atom stereocenters. The number of primary amides is 1. The zero-order valence-electron chi connectivity index (χ0n) is 10.9. The quantitative estimate of drug-likeness (QED) is 0.827. The molecule has 2 heterocycles. The highest BCUT2D eigenvalue weighted by molar-refractivity contribution is 8.00. The number of rotatable bonds is 3. The fourth-order valence-corrected chi connectivity index (χ4v) is 4.33. The van der Waals surface area contributed by atoms with Crippen molar-refractivity contribution in [2.75, 3.05) is 29.5 Å². The molecule has 0 saturated carbocycles. The third-order valence-electron chi connectivity index (χ3n) is 3.02. The highest BCUT2D eigenvalue weighted by atomic mass is 32.2. The molecule has 19 heavy (non-hydrogen) atoms. The Morgan fingerprint density at radius 3 is 2.63 bits per heavy atom. The maximum absolute atomic E-state index is 11.6. The lowest BCUT2D eigenvalue weighted by Crippen LogP contribution is -2.37. The number of thioether (sulfide) groups is 1. The van der Waals surface area contributed by atoms with Crippen LogP contribution < -0.4 is 16.4 Å². The molecule has 1 amide bonds. The zero-order valence-corrected chi connectivity index (χ0v) is 12.6. The summed E-state index contributed by atoms with van der Waals surface area (Å²) in [6.07, 6.45) is 0. The third-order valence-corrected chi connectivity index (χ3v) is 5.52. The molecule has 0 radical (unpaired) electrons. The van der Waals surface area contributed by atoms with Crippen LogP contribution in [0.5, 0.6) is 0 Å². The van der Waals surface area contributed by atoms with Gasteiger partial charge in [-0.15, -0.1) is 11.3 Å². The lowest BCUT2D eigenvalue weighted by Gasteiger charge is -2.31. The number of ketones is 1. The number of carbonyl (C=O) groups excluding carboxylic acids is 2. The van der Waals surface area contributed by atoms with Gasteiger partial charge in [0.25, 0.3) is 5.91 Å². The SMILES string of the molecule is CC(=O)c1sc(N2CCSC(C)C2)c(C(N)=O)c1N. The van der Waals surface area contributed by atoms with Crippen molar-refractivity contribution in [2.24, 2.45) is 5.73 Å². The van der Waals surface area contributed by atoms with Crippen LogP contribution in [0.15, 0.2) is 0 Å². The second kappa shape index (κ2) is 5.42. The molecule has 1 unspecified atom stereocenters. The molecule has 7 heteroatoms. The summed E-state index contributed by atoms with van der Waals surface area (Å²) in [6.45, 7) is 5.27. The van der Waals surface area contributed by atoms with E-state index in [1.54, 1.807) is 0 Å². The number of Topliss-reactive ketones (excluding diaryl/α,β-unsaturated/α-hetero) is 1. The number of nitrogens with zero attached hydrogens (tertiary/aromatic N) is 1. The Balaban J connectivity index is 2.46. The average molecular weight is 299 g/mol. The lowest BCUT2D eigenvalue weighted by atomic mass is 10.2. The number of hydrogen-bond acceptors (Lipinski definition) is 6. The van der Waals surface area contributed by atoms with E-state index in [1.165, 1.54) is 18.3 Å². The molecule has 2 rings (SSSR count). The molecule has 1 aromatic rings. The summed E-state index contributed by atoms with van der Waals surface area (Å²) in [5.41, 5.74) is 11.8. The van der Waals surface area contributed by atoms with Crippen molar-refractivity contribution in [3.63, 3.8) is 0 Å². The van der Waals surface area contributed by atoms with Crippen LogP contribution in [0.4, 0.5) is 10.7 Å². The van der Waals surface area contributed by atoms with Crippen molar-refractivity contribution in [3.05, 3.63) is 10.4 Å². The Kier molecular flexibility index (Phi) is 4.05. The number of amides is 1. The number of thiophene rings is 1. The van der Waals surface area contributed by atoms with Crippen LogP contribution >= 0.6 is 23.1 Å². The molecule has 1 saturated heterocycles. The lowest BCUT2D eigenvalue weighted by molar-refractivity contribution is 0.100. The van der Waals surface area contributed by atoms with E-state index in [2.05, 4.69) is 11.8 Å². The second-order valence-electron chi connectivity index (χ2n) is 4.57. The van der Waals surface area contributed by atoms with Crippen molar-refractivity contribution in [1.29, 1.82) is 0 Å². The average Bonchev–Trinajstić information content (AvgIpc) is 2.67. The Labute approximate surface area is 120 Å². The fourth-order valence-electron chi connectivity index (χ4n) is 2.16. The van der Waals surface area contributed by atoms with Gasteiger partial charge in [-0.25, -0.2) is 0 Å². The molecule has 0 aromatic carbocycles. The summed E-state index contributed by atoms with van der Waals surface area (Å²) in [6, 6.07) is 0. The summed E-state index contributed by atoms with van der Waals surface area (Å²) in [4.78, 5) is 25.7. The molecule has 1 aromatic heterocycles. The van der Waals surface area contributed by atoms with E-state index < -0.39 is 5.91 Å². The number of nitrogen functional groups attached to an aromatic ring is 1. The van der Waals surface area contributed by atoms with Crippen molar-refractivity contribution >= 4 is 45.5 Å². The van der Waals surface area contributed by atoms with Crippen LogP contribution in [0.3, 0.4) is 0 Å². The minimum atomic E-state index is -0.567. The van der Waals surface area contributed by atoms with Gasteiger partial charge in [-0.3, -0.25) is 9.59 Å². The maximum Gasteiger partial charge on any atom is 0.253 e. The Morgan fingerprint density at radius 1 is 1.42 bits per heavy atom. The first kappa shape index (κ1) is 14.2. The third kappa shape index (κ3) is 2.71. The summed E-state index contributed by atoms with van der Waals surface area (Å²) in [7, 11) is 0. The molecule has 1 aliphatic rings. The van der Waals surface area contributed by atoms with Gasteiger partial charge in [0.15, 0.2) is 5.78 Å². The van der Waals surface area contributed by atoms with E-state index in [4.69, 9.17) is 11.5 Å². The standard InChI is InChI=1S/C12H17N3O2S2/c1-6-5-15(3-4-18-6)12-8(11(14)17)9(13)10(19-12)7(2)16/h6H,3-5,13H2,1-2H3,(H2,14,17). The van der Waals surface area contributed by atoms with Gasteiger partial charge in [0.1, 0.15) is 5.00 Å². The molecule has 0 spiro atoms. The molecule has 0 bridgehead atoms. The highest BCUT2D eigenvalue weighted by Gasteiger charge is 2.28. The van der Waals surface area contributed by atoms with Gasteiger partial charge in [0.2, 0.25) is 0 Å². The van der Waals surface area contributed by atoms with E-state index in [0.717, 1.165) is 23.8 Å². The summed E-state index contributed by atoms with van der Waals surface area (Å²) < 4.78 is 0. The number of nitrogens with two attached hydrogens (primary N) is 2. The molecular weight excluding hydrogens is 282 g/mol. The minimum Gasteiger partial charge on any atom is -0.397 e. The molecule has 5 nitrogen and oxygen atoms in total. The van der Waals surface area contributed by atoms with Crippen LogP contribution in [-0.2, 0) is 0 Å². The van der Waals surface area contributed by atoms with Gasteiger partial charge >= 0.3 is 0 Å². The monoisotopic (exact) mass is 299 g/mol. The Morgan fingerprint density at radius 2 is 2.11 bits per heavy atom. The van der Waals surface area contributed by atoms with E-state index >= 15 is 0 Å². The smallest absolute Gasteiger partial charge is 0.253 e. The van der Waals surface area contributed by atoms with E-state index in [0.29, 0.717) is 15.7 Å². The minimum absolute atomic E-state index is 0.129. The van der Waals surface area contributed by atoms with Crippen molar-refractivity contribution in [1.82, 2.24) is 0 Å². The van der Waals surface area contributed by atoms with Crippen LogP contribution in [0.1, 0.15) is 33.9 Å². The van der Waals surface area contributed by atoms with Crippen LogP contribution in [-0.4, -0.2) is 35.8 Å². The summed E-state index contributed by atoms with van der Waals surface area (Å²) >= 11 is 3.17. The first-order valence-electron chi connectivity index (χ1n) is 6.01. The zero-order chi connectivity index (χ0) is 14.2. The van der Waals surface area contributed by atoms with Crippen molar-refractivity contribution < 1.29 is 9.59 Å². The van der Waals surface area contributed by atoms with Gasteiger partial charge in [-0.1, -0.05) is 6.92 Å². The summed E-state index contributed by atoms with van der Waals surface area (Å²) in [5.74, 6) is 0.296. The topological polar surface area (TPSA) is 89.4 Å². The summed E-state index contributed by atoms with van der Waals surface area (Å²) in [5, 5.41) is 1.22. The van der Waals surface area contributed by atoms with Crippen LogP contribution in [0.2, 0.25) is 0 Å². The second-order valence-corrected chi connectivity index (χ2v) is 7.12. The largest absolute Gasteiger partial charge is 0.397 e. The molecule has 0 aliphatic carbocycles. The molecule has 1 fully saturated rings. The predicted octanol–water partition coefficient (Wildman–Crippen LogP) is 1.57. The van der Waals surface area contributed by atoms with E-state index in [1.807, 2.05) is 11.8 Å². The normalized spacial score (nSPS) is 19.5. The molecular formula is C12H17N3O2S2. The van der Waals surface area contributed by atoms with Gasteiger partial charge in [0.05, 0.1) is 16.1 Å². The molecule has 104 valence electrons. The van der Waals surface area contributed by atoms with Gasteiger partial charge in [-0.05, 0) is 0 Å². The molecule has 4 N–H and O–H groups in total. The first-order chi connectivity index (χ1) is 8.91. The van der Waals surface area contributed by atoms with Gasteiger partial charge < -0.3 is 16.4 Å². The van der Waals surface area contributed by atoms with E-state index in [-0.39, 0.29) is 11.5 Å². The van der Waals surface area contributed by atoms with E-state index in [9.17, 15) is 9.59 Å². The predicted molar refractivity (Wildman–Crippen MR) is 81.4 cm³/mol. The van der Waals surface area contributed by atoms with Gasteiger partial charge in [0, 0.05) is 31.0 Å². The van der Waals surface area contributed by atoms with Crippen molar-refractivity contribution in [2.45, 2.75) is 19.1 Å². The highest BCUT2D eigenvalue weighted by Crippen LogP contribution is 2.39. The van der Waals surface area contributed by atoms with Crippen LogP contribution in [0, 0.1) is 0 Å². The first-order valence-corrected chi connectivity index (χ1v) is 7.88. The number of anilines is 2. The Hall–Kier alpha value is -1.21. The van der Waals surface area contributed by atoms with Gasteiger partial charge in [-0.2, -0.15) is 11.8 Å². The fraction of sp³-hybridized carbons (Fsp3) is 0.500. The van der Waals surface area contributed by atoms with Crippen molar-refractivity contribution in [3.8, 4) is 0 Å². The maximum atomic E-state index is 11.6. The molecule has 1 aliphatic heterocycles. The number of carbonyl (C=O) groups is 2.